The van der Waals surface area contributed by atoms with Gasteiger partial charge in [-0.3, -0.25) is 4.98 Å². The molecule has 1 heterocycles. The molecule has 1 atom stereocenters. The van der Waals surface area contributed by atoms with E-state index in [4.69, 9.17) is 11.6 Å². The second-order valence-electron chi connectivity index (χ2n) is 4.26. The molecule has 0 fully saturated rings. The third-order valence-corrected chi connectivity index (χ3v) is 2.43. The summed E-state index contributed by atoms with van der Waals surface area (Å²) in [6.45, 7) is 6.03. The van der Waals surface area contributed by atoms with Crippen LogP contribution in [0, 0.1) is 5.82 Å². The quantitative estimate of drug-likeness (QED) is 0.704. The van der Waals surface area contributed by atoms with E-state index in [9.17, 15) is 4.39 Å². The summed E-state index contributed by atoms with van der Waals surface area (Å²) in [4.78, 5) is 3.84. The first-order chi connectivity index (χ1) is 6.42. The first-order valence-electron chi connectivity index (χ1n) is 4.67. The zero-order chi connectivity index (χ0) is 10.8. The van der Waals surface area contributed by atoms with Gasteiger partial charge in [0.25, 0.3) is 0 Å². The highest BCUT2D eigenvalue weighted by Crippen LogP contribution is 2.29. The van der Waals surface area contributed by atoms with Crippen molar-refractivity contribution in [3.63, 3.8) is 0 Å². The number of aromatic nitrogens is 1. The summed E-state index contributed by atoms with van der Waals surface area (Å²) in [6.07, 6.45) is 3.71. The second-order valence-corrected chi connectivity index (χ2v) is 5.01. The lowest BCUT2D eigenvalue weighted by Gasteiger charge is -2.26. The van der Waals surface area contributed by atoms with E-state index in [0.29, 0.717) is 0 Å². The van der Waals surface area contributed by atoms with Crippen LogP contribution >= 0.6 is 11.6 Å². The lowest BCUT2D eigenvalue weighted by Crippen LogP contribution is -2.21. The van der Waals surface area contributed by atoms with Crippen LogP contribution in [-0.2, 0) is 5.41 Å². The molecule has 3 heteroatoms. The molecule has 0 aliphatic carbocycles. The minimum atomic E-state index is -0.294. The van der Waals surface area contributed by atoms with Crippen molar-refractivity contribution >= 4 is 11.6 Å². The van der Waals surface area contributed by atoms with Crippen LogP contribution in [0.1, 0.15) is 32.8 Å². The molecule has 1 nitrogen and oxygen atoms in total. The van der Waals surface area contributed by atoms with Crippen LogP contribution in [0.5, 0.6) is 0 Å². The van der Waals surface area contributed by atoms with Crippen LogP contribution in [0.15, 0.2) is 18.5 Å². The van der Waals surface area contributed by atoms with E-state index in [-0.39, 0.29) is 16.6 Å². The maximum absolute atomic E-state index is 12.9. The maximum Gasteiger partial charge on any atom is 0.141 e. The van der Waals surface area contributed by atoms with Crippen molar-refractivity contribution in [2.75, 3.05) is 0 Å². The van der Waals surface area contributed by atoms with Gasteiger partial charge in [0.05, 0.1) is 6.20 Å². The molecule has 0 radical (unpaired) electrons. The van der Waals surface area contributed by atoms with Crippen LogP contribution in [-0.4, -0.2) is 10.4 Å². The van der Waals surface area contributed by atoms with Gasteiger partial charge in [0.1, 0.15) is 5.82 Å². The zero-order valence-corrected chi connectivity index (χ0v) is 9.48. The number of nitrogens with zero attached hydrogens (tertiary/aromatic N) is 1. The summed E-state index contributed by atoms with van der Waals surface area (Å²) in [5.74, 6) is -0.294. The van der Waals surface area contributed by atoms with Crippen LogP contribution in [0.3, 0.4) is 0 Å². The Kier molecular flexibility index (Phi) is 3.48. The van der Waals surface area contributed by atoms with Crippen molar-refractivity contribution in [3.05, 3.63) is 29.8 Å². The monoisotopic (exact) mass is 215 g/mol. The van der Waals surface area contributed by atoms with Gasteiger partial charge < -0.3 is 0 Å². The van der Waals surface area contributed by atoms with Crippen molar-refractivity contribution in [1.82, 2.24) is 4.98 Å². The van der Waals surface area contributed by atoms with Crippen molar-refractivity contribution in [1.29, 1.82) is 0 Å². The lowest BCUT2D eigenvalue weighted by molar-refractivity contribution is 0.470. The number of rotatable bonds is 3. The molecular formula is C11H15ClFN. The Morgan fingerprint density at radius 2 is 2.14 bits per heavy atom. The summed E-state index contributed by atoms with van der Waals surface area (Å²) in [6, 6.07) is 1.52. The van der Waals surface area contributed by atoms with Crippen LogP contribution in [0.25, 0.3) is 0 Å². The molecular weight excluding hydrogens is 201 g/mol. The number of halogens is 2. The Bertz CT molecular complexity index is 310. The molecule has 1 aromatic heterocycles. The number of hydrogen-bond acceptors (Lipinski definition) is 1. The van der Waals surface area contributed by atoms with Crippen molar-refractivity contribution in [2.45, 2.75) is 38.0 Å². The molecule has 0 amide bonds. The summed E-state index contributed by atoms with van der Waals surface area (Å²) in [7, 11) is 0. The van der Waals surface area contributed by atoms with E-state index in [0.717, 1.165) is 12.0 Å². The third-order valence-electron chi connectivity index (χ3n) is 2.28. The van der Waals surface area contributed by atoms with E-state index in [1.807, 2.05) is 20.8 Å². The standard InChI is InChI=1S/C11H15ClFN/c1-8(12)5-11(2,3)9-4-10(13)7-14-6-9/h4,6-8H,5H2,1-3H3. The minimum Gasteiger partial charge on any atom is -0.261 e. The van der Waals surface area contributed by atoms with Gasteiger partial charge in [-0.25, -0.2) is 4.39 Å². The molecule has 0 saturated heterocycles. The van der Waals surface area contributed by atoms with Crippen LogP contribution < -0.4 is 0 Å². The van der Waals surface area contributed by atoms with Gasteiger partial charge in [-0.05, 0) is 30.4 Å². The van der Waals surface area contributed by atoms with Crippen LogP contribution in [0.4, 0.5) is 4.39 Å². The molecule has 0 spiro atoms. The topological polar surface area (TPSA) is 12.9 Å². The maximum atomic E-state index is 12.9. The molecule has 78 valence electrons. The molecule has 0 aliphatic heterocycles. The molecule has 14 heavy (non-hydrogen) atoms. The average Bonchev–Trinajstić information content (AvgIpc) is 2.01. The smallest absolute Gasteiger partial charge is 0.141 e. The molecule has 1 unspecified atom stereocenters. The SMILES string of the molecule is CC(Cl)CC(C)(C)c1cncc(F)c1. The summed E-state index contributed by atoms with van der Waals surface area (Å²) < 4.78 is 12.9. The highest BCUT2D eigenvalue weighted by molar-refractivity contribution is 6.20. The molecule has 0 saturated carbocycles. The summed E-state index contributed by atoms with van der Waals surface area (Å²) in [5.41, 5.74) is 0.765. The Morgan fingerprint density at radius 1 is 1.50 bits per heavy atom. The Labute approximate surface area is 89.3 Å². The molecule has 1 aromatic rings. The van der Waals surface area contributed by atoms with Gasteiger partial charge in [-0.15, -0.1) is 11.6 Å². The van der Waals surface area contributed by atoms with Gasteiger partial charge in [-0.2, -0.15) is 0 Å². The van der Waals surface area contributed by atoms with Gasteiger partial charge in [0.2, 0.25) is 0 Å². The van der Waals surface area contributed by atoms with E-state index >= 15 is 0 Å². The van der Waals surface area contributed by atoms with E-state index in [1.165, 1.54) is 12.3 Å². The highest BCUT2D eigenvalue weighted by Gasteiger charge is 2.23. The van der Waals surface area contributed by atoms with Gasteiger partial charge in [0, 0.05) is 11.6 Å². The fraction of sp³-hybridized carbons (Fsp3) is 0.545. The second kappa shape index (κ2) is 4.26. The third kappa shape index (κ3) is 2.95. The summed E-state index contributed by atoms with van der Waals surface area (Å²) in [5, 5.41) is 0.0771. The molecule has 0 bridgehead atoms. The molecule has 0 aliphatic rings. The number of hydrogen-bond donors (Lipinski definition) is 0. The van der Waals surface area contributed by atoms with E-state index in [1.54, 1.807) is 6.20 Å². The van der Waals surface area contributed by atoms with Crippen molar-refractivity contribution < 1.29 is 4.39 Å². The van der Waals surface area contributed by atoms with Crippen LogP contribution in [0.2, 0.25) is 0 Å². The molecule has 1 rings (SSSR count). The molecule has 0 aromatic carbocycles. The fourth-order valence-corrected chi connectivity index (χ4v) is 1.99. The van der Waals surface area contributed by atoms with E-state index < -0.39 is 0 Å². The first-order valence-corrected chi connectivity index (χ1v) is 5.10. The number of alkyl halides is 1. The predicted molar refractivity (Wildman–Crippen MR) is 57.2 cm³/mol. The van der Waals surface area contributed by atoms with Crippen molar-refractivity contribution in [2.24, 2.45) is 0 Å². The lowest BCUT2D eigenvalue weighted by atomic mass is 9.81. The predicted octanol–water partition coefficient (Wildman–Crippen LogP) is 3.52. The van der Waals surface area contributed by atoms with Crippen molar-refractivity contribution in [3.8, 4) is 0 Å². The fourth-order valence-electron chi connectivity index (χ4n) is 1.60. The zero-order valence-electron chi connectivity index (χ0n) is 8.72. The highest BCUT2D eigenvalue weighted by atomic mass is 35.5. The first kappa shape index (κ1) is 11.4. The summed E-state index contributed by atoms with van der Waals surface area (Å²) >= 11 is 5.94. The molecule has 0 N–H and O–H groups in total. The van der Waals surface area contributed by atoms with Gasteiger partial charge in [0.15, 0.2) is 0 Å². The van der Waals surface area contributed by atoms with Gasteiger partial charge in [-0.1, -0.05) is 13.8 Å². The normalized spacial score (nSPS) is 14.1. The Balaban J connectivity index is 2.91. The van der Waals surface area contributed by atoms with E-state index in [2.05, 4.69) is 4.98 Å². The average molecular weight is 216 g/mol. The Morgan fingerprint density at radius 3 is 2.64 bits per heavy atom. The minimum absolute atomic E-state index is 0.0771. The number of pyridine rings is 1. The Hall–Kier alpha value is -0.630. The largest absolute Gasteiger partial charge is 0.261 e. The van der Waals surface area contributed by atoms with Gasteiger partial charge >= 0.3 is 0 Å².